The van der Waals surface area contributed by atoms with Gasteiger partial charge in [-0.1, -0.05) is 30.3 Å². The normalized spacial score (nSPS) is 26.9. The lowest BCUT2D eigenvalue weighted by Crippen LogP contribution is -2.03. The SMILES string of the molecule is O=C(C=C1SCCS1)[C@@H]1O[C@@H]1c1ccccc1. The summed E-state index contributed by atoms with van der Waals surface area (Å²) in [6.45, 7) is 0. The minimum absolute atomic E-state index is 0.0306. The number of ketones is 1. The first-order chi connectivity index (χ1) is 8.34. The van der Waals surface area contributed by atoms with Gasteiger partial charge in [-0.2, -0.15) is 0 Å². The Kier molecular flexibility index (Phi) is 3.27. The van der Waals surface area contributed by atoms with E-state index in [0.29, 0.717) is 0 Å². The molecule has 17 heavy (non-hydrogen) atoms. The molecule has 2 heterocycles. The summed E-state index contributed by atoms with van der Waals surface area (Å²) in [5.41, 5.74) is 1.09. The predicted molar refractivity (Wildman–Crippen MR) is 72.1 cm³/mol. The van der Waals surface area contributed by atoms with Crippen molar-refractivity contribution in [1.82, 2.24) is 0 Å². The van der Waals surface area contributed by atoms with Gasteiger partial charge in [0.2, 0.25) is 0 Å². The van der Waals surface area contributed by atoms with Crippen LogP contribution in [0.2, 0.25) is 0 Å². The van der Waals surface area contributed by atoms with Gasteiger partial charge in [0.05, 0.1) is 0 Å². The van der Waals surface area contributed by atoms with Gasteiger partial charge in [-0.15, -0.1) is 23.5 Å². The summed E-state index contributed by atoms with van der Waals surface area (Å²) in [7, 11) is 0. The van der Waals surface area contributed by atoms with Crippen molar-refractivity contribution >= 4 is 29.3 Å². The summed E-state index contributed by atoms with van der Waals surface area (Å²) < 4.78 is 6.60. The molecular weight excluding hydrogens is 252 g/mol. The van der Waals surface area contributed by atoms with Crippen LogP contribution in [0.25, 0.3) is 0 Å². The third-order valence-corrected chi connectivity index (χ3v) is 5.32. The van der Waals surface area contributed by atoms with Crippen LogP contribution in [-0.2, 0) is 9.53 Å². The van der Waals surface area contributed by atoms with E-state index < -0.39 is 0 Å². The maximum Gasteiger partial charge on any atom is 0.189 e. The van der Waals surface area contributed by atoms with Crippen molar-refractivity contribution in [2.75, 3.05) is 11.5 Å². The fourth-order valence-corrected chi connectivity index (χ4v) is 4.13. The number of thioether (sulfide) groups is 2. The van der Waals surface area contributed by atoms with Crippen LogP contribution < -0.4 is 0 Å². The van der Waals surface area contributed by atoms with E-state index in [-0.39, 0.29) is 18.0 Å². The molecule has 0 unspecified atom stereocenters. The number of epoxide rings is 1. The second-order valence-corrected chi connectivity index (χ2v) is 6.48. The molecule has 0 N–H and O–H groups in total. The summed E-state index contributed by atoms with van der Waals surface area (Å²) in [6, 6.07) is 9.92. The third-order valence-electron chi connectivity index (χ3n) is 2.73. The maximum absolute atomic E-state index is 11.9. The quantitative estimate of drug-likeness (QED) is 0.620. The van der Waals surface area contributed by atoms with E-state index in [0.717, 1.165) is 21.3 Å². The number of carbonyl (C=O) groups excluding carboxylic acids is 1. The Hall–Kier alpha value is -0.710. The number of hydrogen-bond donors (Lipinski definition) is 0. The van der Waals surface area contributed by atoms with E-state index in [2.05, 4.69) is 0 Å². The molecule has 0 amide bonds. The van der Waals surface area contributed by atoms with Gasteiger partial charge < -0.3 is 4.74 Å². The summed E-state index contributed by atoms with van der Waals surface area (Å²) in [6.07, 6.45) is 1.46. The predicted octanol–water partition coefficient (Wildman–Crippen LogP) is 3.02. The van der Waals surface area contributed by atoms with Crippen molar-refractivity contribution in [3.8, 4) is 0 Å². The molecule has 2 saturated heterocycles. The van der Waals surface area contributed by atoms with Gasteiger partial charge in [0.1, 0.15) is 6.10 Å². The van der Waals surface area contributed by atoms with Crippen molar-refractivity contribution in [3.05, 3.63) is 46.2 Å². The zero-order valence-corrected chi connectivity index (χ0v) is 10.8. The van der Waals surface area contributed by atoms with Crippen LogP contribution in [0.1, 0.15) is 11.7 Å². The van der Waals surface area contributed by atoms with Crippen molar-refractivity contribution in [2.24, 2.45) is 0 Å². The fourth-order valence-electron chi connectivity index (χ4n) is 1.83. The number of rotatable bonds is 3. The number of ether oxygens (including phenoxy) is 1. The third kappa shape index (κ3) is 2.59. The molecule has 2 atom stereocenters. The van der Waals surface area contributed by atoms with Crippen molar-refractivity contribution in [3.63, 3.8) is 0 Å². The van der Waals surface area contributed by atoms with Crippen LogP contribution >= 0.6 is 23.5 Å². The van der Waals surface area contributed by atoms with E-state index in [1.807, 2.05) is 30.3 Å². The lowest BCUT2D eigenvalue weighted by molar-refractivity contribution is -0.115. The average molecular weight is 264 g/mol. The van der Waals surface area contributed by atoms with Crippen LogP contribution in [0.5, 0.6) is 0 Å². The number of carbonyl (C=O) groups is 1. The Balaban J connectivity index is 1.65. The average Bonchev–Trinajstić information content (AvgIpc) is 3.02. The molecular formula is C13H12O2S2. The molecule has 0 radical (unpaired) electrons. The van der Waals surface area contributed by atoms with Crippen molar-refractivity contribution < 1.29 is 9.53 Å². The molecule has 0 aliphatic carbocycles. The first-order valence-corrected chi connectivity index (χ1v) is 7.53. The maximum atomic E-state index is 11.9. The minimum atomic E-state index is -0.258. The van der Waals surface area contributed by atoms with Gasteiger partial charge in [-0.25, -0.2) is 0 Å². The molecule has 88 valence electrons. The second-order valence-electron chi connectivity index (χ2n) is 3.95. The van der Waals surface area contributed by atoms with E-state index in [1.165, 1.54) is 0 Å². The van der Waals surface area contributed by atoms with Gasteiger partial charge >= 0.3 is 0 Å². The summed E-state index contributed by atoms with van der Waals surface area (Å²) in [5, 5.41) is 0. The molecule has 2 nitrogen and oxygen atoms in total. The lowest BCUT2D eigenvalue weighted by Gasteiger charge is -1.94. The van der Waals surface area contributed by atoms with Gasteiger partial charge in [-0.05, 0) is 5.56 Å². The second kappa shape index (κ2) is 4.88. The fraction of sp³-hybridized carbons (Fsp3) is 0.308. The first-order valence-electron chi connectivity index (χ1n) is 5.56. The minimum Gasteiger partial charge on any atom is -0.356 e. The Morgan fingerprint density at radius 3 is 2.65 bits per heavy atom. The Bertz CT molecular complexity index is 448. The molecule has 3 rings (SSSR count). The molecule has 1 aromatic carbocycles. The van der Waals surface area contributed by atoms with Crippen LogP contribution in [-0.4, -0.2) is 23.4 Å². The molecule has 1 aromatic rings. The van der Waals surface area contributed by atoms with Gasteiger partial charge in [-0.3, -0.25) is 4.79 Å². The first kappa shape index (κ1) is 11.4. The summed E-state index contributed by atoms with van der Waals surface area (Å²) in [4.78, 5) is 11.9. The van der Waals surface area contributed by atoms with Crippen LogP contribution in [0, 0.1) is 0 Å². The van der Waals surface area contributed by atoms with Gasteiger partial charge in [0.25, 0.3) is 0 Å². The van der Waals surface area contributed by atoms with E-state index in [9.17, 15) is 4.79 Å². The van der Waals surface area contributed by atoms with Crippen LogP contribution in [0.15, 0.2) is 40.6 Å². The topological polar surface area (TPSA) is 29.6 Å². The van der Waals surface area contributed by atoms with Crippen LogP contribution in [0.4, 0.5) is 0 Å². The Labute approximate surface area is 109 Å². The van der Waals surface area contributed by atoms with Crippen molar-refractivity contribution in [2.45, 2.75) is 12.2 Å². The highest BCUT2D eigenvalue weighted by molar-refractivity contribution is 8.25. The molecule has 2 aliphatic heterocycles. The Morgan fingerprint density at radius 2 is 1.94 bits per heavy atom. The van der Waals surface area contributed by atoms with E-state index in [4.69, 9.17) is 4.74 Å². The monoisotopic (exact) mass is 264 g/mol. The number of benzene rings is 1. The van der Waals surface area contributed by atoms with Gasteiger partial charge in [0, 0.05) is 21.8 Å². The largest absolute Gasteiger partial charge is 0.356 e. The number of hydrogen-bond acceptors (Lipinski definition) is 4. The molecule has 0 aromatic heterocycles. The van der Waals surface area contributed by atoms with Crippen LogP contribution in [0.3, 0.4) is 0 Å². The van der Waals surface area contributed by atoms with Crippen molar-refractivity contribution in [1.29, 1.82) is 0 Å². The molecule has 4 heteroatoms. The zero-order valence-electron chi connectivity index (χ0n) is 9.17. The Morgan fingerprint density at radius 1 is 1.24 bits per heavy atom. The zero-order chi connectivity index (χ0) is 11.7. The summed E-state index contributed by atoms with van der Waals surface area (Å²) in [5.74, 6) is 2.32. The van der Waals surface area contributed by atoms with E-state index >= 15 is 0 Å². The highest BCUT2D eigenvalue weighted by Crippen LogP contribution is 2.41. The van der Waals surface area contributed by atoms with E-state index in [1.54, 1.807) is 29.6 Å². The molecule has 2 aliphatic rings. The lowest BCUT2D eigenvalue weighted by atomic mass is 10.1. The highest BCUT2D eigenvalue weighted by Gasteiger charge is 2.44. The molecule has 0 spiro atoms. The smallest absolute Gasteiger partial charge is 0.189 e. The highest BCUT2D eigenvalue weighted by atomic mass is 32.2. The van der Waals surface area contributed by atoms with Gasteiger partial charge in [0.15, 0.2) is 11.9 Å². The molecule has 2 fully saturated rings. The summed E-state index contributed by atoms with van der Waals surface area (Å²) >= 11 is 3.52. The molecule has 0 bridgehead atoms. The molecule has 0 saturated carbocycles. The standard InChI is InChI=1S/C13H12O2S2/c14-10(8-11-16-6-7-17-11)13-12(15-13)9-4-2-1-3-5-9/h1-5,8,12-13H,6-7H2/t12-,13+/m1/s1.